The molecule has 1 saturated carbocycles. The van der Waals surface area contributed by atoms with E-state index in [0.29, 0.717) is 12.2 Å². The lowest BCUT2D eigenvalue weighted by Gasteiger charge is -2.26. The highest BCUT2D eigenvalue weighted by molar-refractivity contribution is 5.95. The van der Waals surface area contributed by atoms with Crippen molar-refractivity contribution in [3.63, 3.8) is 0 Å². The van der Waals surface area contributed by atoms with Gasteiger partial charge in [0, 0.05) is 12.6 Å². The quantitative estimate of drug-likeness (QED) is 0.857. The fourth-order valence-electron chi connectivity index (χ4n) is 2.35. The Labute approximate surface area is 121 Å². The van der Waals surface area contributed by atoms with Crippen LogP contribution in [0.4, 0.5) is 18.9 Å². The number of hydrogen-bond acceptors (Lipinski definition) is 2. The van der Waals surface area contributed by atoms with E-state index in [0.717, 1.165) is 37.8 Å². The van der Waals surface area contributed by atoms with Gasteiger partial charge in [0.25, 0.3) is 0 Å². The molecule has 0 saturated heterocycles. The Morgan fingerprint density at radius 3 is 2.52 bits per heavy atom. The number of carboxylic acid groups (broad SMARTS) is 1. The number of aromatic carboxylic acids is 1. The van der Waals surface area contributed by atoms with Crippen molar-refractivity contribution >= 4 is 11.7 Å². The van der Waals surface area contributed by atoms with Crippen LogP contribution in [0, 0.1) is 0 Å². The zero-order valence-electron chi connectivity index (χ0n) is 11.8. The van der Waals surface area contributed by atoms with Gasteiger partial charge in [-0.05, 0) is 37.5 Å². The van der Waals surface area contributed by atoms with Crippen LogP contribution in [0.25, 0.3) is 0 Å². The molecule has 2 rings (SSSR count). The van der Waals surface area contributed by atoms with E-state index in [1.807, 2.05) is 11.8 Å². The molecule has 3 nitrogen and oxygen atoms in total. The highest BCUT2D eigenvalue weighted by Gasteiger charge is 2.35. The van der Waals surface area contributed by atoms with Crippen molar-refractivity contribution in [1.82, 2.24) is 0 Å². The van der Waals surface area contributed by atoms with E-state index in [4.69, 9.17) is 0 Å². The molecule has 1 aliphatic rings. The van der Waals surface area contributed by atoms with E-state index in [1.54, 1.807) is 0 Å². The molecule has 0 aliphatic heterocycles. The highest BCUT2D eigenvalue weighted by Crippen LogP contribution is 2.37. The van der Waals surface area contributed by atoms with Crippen LogP contribution in [-0.2, 0) is 6.18 Å². The van der Waals surface area contributed by atoms with Gasteiger partial charge in [-0.15, -0.1) is 0 Å². The van der Waals surface area contributed by atoms with Crippen molar-refractivity contribution in [2.24, 2.45) is 0 Å². The summed E-state index contributed by atoms with van der Waals surface area (Å²) in [6.45, 7) is 2.70. The molecule has 1 N–H and O–H groups in total. The van der Waals surface area contributed by atoms with Crippen LogP contribution in [0.2, 0.25) is 0 Å². The second kappa shape index (κ2) is 5.95. The van der Waals surface area contributed by atoms with Crippen LogP contribution >= 0.6 is 0 Å². The second-order valence-corrected chi connectivity index (χ2v) is 5.31. The number of benzene rings is 1. The SMILES string of the molecule is CCCCN(c1ccc(C(F)(F)F)cc1C(=O)O)C1CC1. The third-order valence-corrected chi connectivity index (χ3v) is 3.60. The molecule has 1 aromatic rings. The molecule has 0 radical (unpaired) electrons. The van der Waals surface area contributed by atoms with Gasteiger partial charge in [0.2, 0.25) is 0 Å². The normalized spacial score (nSPS) is 15.0. The first kappa shape index (κ1) is 15.7. The zero-order chi connectivity index (χ0) is 15.6. The van der Waals surface area contributed by atoms with Crippen LogP contribution < -0.4 is 4.90 Å². The predicted molar refractivity (Wildman–Crippen MR) is 73.7 cm³/mol. The van der Waals surface area contributed by atoms with Gasteiger partial charge in [0.1, 0.15) is 0 Å². The van der Waals surface area contributed by atoms with Crippen molar-refractivity contribution in [3.05, 3.63) is 29.3 Å². The first-order valence-corrected chi connectivity index (χ1v) is 7.05. The number of anilines is 1. The Morgan fingerprint density at radius 2 is 2.05 bits per heavy atom. The van der Waals surface area contributed by atoms with Gasteiger partial charge >= 0.3 is 12.1 Å². The smallest absolute Gasteiger partial charge is 0.416 e. The topological polar surface area (TPSA) is 40.5 Å². The Balaban J connectivity index is 2.39. The molecule has 0 amide bonds. The average molecular weight is 301 g/mol. The molecule has 0 aromatic heterocycles. The van der Waals surface area contributed by atoms with E-state index in [-0.39, 0.29) is 11.6 Å². The average Bonchev–Trinajstić information content (AvgIpc) is 3.22. The number of nitrogens with zero attached hydrogens (tertiary/aromatic N) is 1. The van der Waals surface area contributed by atoms with Gasteiger partial charge in [-0.25, -0.2) is 4.79 Å². The standard InChI is InChI=1S/C15H18F3NO2/c1-2-3-8-19(11-5-6-11)13-7-4-10(15(16,17)18)9-12(13)14(20)21/h4,7,9,11H,2-3,5-6,8H2,1H3,(H,20,21). The summed E-state index contributed by atoms with van der Waals surface area (Å²) in [7, 11) is 0. The molecule has 0 bridgehead atoms. The summed E-state index contributed by atoms with van der Waals surface area (Å²) < 4.78 is 38.2. The molecule has 116 valence electrons. The number of unbranched alkanes of at least 4 members (excludes halogenated alkanes) is 1. The lowest BCUT2D eigenvalue weighted by molar-refractivity contribution is -0.137. The fraction of sp³-hybridized carbons (Fsp3) is 0.533. The van der Waals surface area contributed by atoms with Crippen molar-refractivity contribution < 1.29 is 23.1 Å². The number of alkyl halides is 3. The van der Waals surface area contributed by atoms with Gasteiger partial charge in [-0.3, -0.25) is 0 Å². The predicted octanol–water partition coefficient (Wildman–Crippen LogP) is 4.17. The lowest BCUT2D eigenvalue weighted by atomic mass is 10.1. The maximum atomic E-state index is 12.7. The van der Waals surface area contributed by atoms with Crippen LogP contribution in [0.15, 0.2) is 18.2 Å². The molecule has 6 heteroatoms. The third-order valence-electron chi connectivity index (χ3n) is 3.60. The number of carbonyl (C=O) groups is 1. The Hall–Kier alpha value is -1.72. The number of hydrogen-bond donors (Lipinski definition) is 1. The van der Waals surface area contributed by atoms with Gasteiger partial charge in [-0.1, -0.05) is 13.3 Å². The van der Waals surface area contributed by atoms with Gasteiger partial charge in [0.15, 0.2) is 0 Å². The van der Waals surface area contributed by atoms with Gasteiger partial charge in [0.05, 0.1) is 16.8 Å². The minimum absolute atomic E-state index is 0.256. The molecule has 21 heavy (non-hydrogen) atoms. The van der Waals surface area contributed by atoms with E-state index < -0.39 is 17.7 Å². The van der Waals surface area contributed by atoms with Gasteiger partial charge in [-0.2, -0.15) is 13.2 Å². The summed E-state index contributed by atoms with van der Waals surface area (Å²) in [5.41, 5.74) is -0.797. The maximum absolute atomic E-state index is 12.7. The van der Waals surface area contributed by atoms with E-state index in [9.17, 15) is 23.1 Å². The number of rotatable bonds is 6. The minimum Gasteiger partial charge on any atom is -0.478 e. The van der Waals surface area contributed by atoms with Crippen LogP contribution in [0.5, 0.6) is 0 Å². The summed E-state index contributed by atoms with van der Waals surface area (Å²) in [5.74, 6) is -1.32. The minimum atomic E-state index is -4.53. The van der Waals surface area contributed by atoms with Crippen LogP contribution in [-0.4, -0.2) is 23.7 Å². The van der Waals surface area contributed by atoms with Gasteiger partial charge < -0.3 is 10.0 Å². The Kier molecular flexibility index (Phi) is 4.44. The molecule has 0 spiro atoms. The number of carboxylic acids is 1. The van der Waals surface area contributed by atoms with E-state index >= 15 is 0 Å². The van der Waals surface area contributed by atoms with Crippen molar-refractivity contribution in [2.75, 3.05) is 11.4 Å². The molecule has 0 unspecified atom stereocenters. The maximum Gasteiger partial charge on any atom is 0.416 e. The third kappa shape index (κ3) is 3.68. The summed E-state index contributed by atoms with van der Waals surface area (Å²) in [6, 6.07) is 3.24. The molecule has 1 aliphatic carbocycles. The first-order chi connectivity index (χ1) is 9.84. The summed E-state index contributed by atoms with van der Waals surface area (Å²) in [4.78, 5) is 13.3. The molecule has 0 atom stereocenters. The molecule has 1 fully saturated rings. The monoisotopic (exact) mass is 301 g/mol. The van der Waals surface area contributed by atoms with Crippen molar-refractivity contribution in [3.8, 4) is 0 Å². The lowest BCUT2D eigenvalue weighted by Crippen LogP contribution is -2.28. The molecule has 1 aromatic carbocycles. The van der Waals surface area contributed by atoms with E-state index in [1.165, 1.54) is 6.07 Å². The second-order valence-electron chi connectivity index (χ2n) is 5.31. The molecular formula is C15H18F3NO2. The van der Waals surface area contributed by atoms with Crippen LogP contribution in [0.1, 0.15) is 48.5 Å². The zero-order valence-corrected chi connectivity index (χ0v) is 11.8. The fourth-order valence-corrected chi connectivity index (χ4v) is 2.35. The first-order valence-electron chi connectivity index (χ1n) is 7.05. The van der Waals surface area contributed by atoms with Crippen LogP contribution in [0.3, 0.4) is 0 Å². The van der Waals surface area contributed by atoms with Crippen molar-refractivity contribution in [2.45, 2.75) is 44.8 Å². The van der Waals surface area contributed by atoms with E-state index in [2.05, 4.69) is 0 Å². The van der Waals surface area contributed by atoms with Crippen molar-refractivity contribution in [1.29, 1.82) is 0 Å². The molecular weight excluding hydrogens is 283 g/mol. The summed E-state index contributed by atoms with van der Waals surface area (Å²) in [6.07, 6.45) is -0.771. The summed E-state index contributed by atoms with van der Waals surface area (Å²) in [5, 5.41) is 9.24. The Morgan fingerprint density at radius 1 is 1.38 bits per heavy atom. The number of halogens is 3. The summed E-state index contributed by atoms with van der Waals surface area (Å²) >= 11 is 0. The highest BCUT2D eigenvalue weighted by atomic mass is 19.4. The molecule has 0 heterocycles. The largest absolute Gasteiger partial charge is 0.478 e. The Bertz CT molecular complexity index is 524.